The minimum atomic E-state index is -2.98. The van der Waals surface area contributed by atoms with Gasteiger partial charge in [-0.2, -0.15) is 0 Å². The summed E-state index contributed by atoms with van der Waals surface area (Å²) in [6, 6.07) is 8.60. The van der Waals surface area contributed by atoms with Crippen molar-refractivity contribution in [2.75, 3.05) is 31.0 Å². The van der Waals surface area contributed by atoms with E-state index in [-0.39, 0.29) is 5.41 Å². The lowest BCUT2D eigenvalue weighted by Gasteiger charge is -2.34. The Kier molecular flexibility index (Phi) is 8.98. The summed E-state index contributed by atoms with van der Waals surface area (Å²) in [6.07, 6.45) is 9.79. The van der Waals surface area contributed by atoms with Gasteiger partial charge in [-0.3, -0.25) is 0 Å². The highest BCUT2D eigenvalue weighted by Gasteiger charge is 2.32. The summed E-state index contributed by atoms with van der Waals surface area (Å²) < 4.78 is 24.2. The molecular weight excluding hydrogens is 330 g/mol. The van der Waals surface area contributed by atoms with Crippen LogP contribution in [0, 0.1) is 5.41 Å². The number of hydrogen-bond donors (Lipinski definition) is 0. The van der Waals surface area contributed by atoms with Gasteiger partial charge in [0.05, 0.1) is 5.75 Å². The Bertz CT molecular complexity index is 600. The summed E-state index contributed by atoms with van der Waals surface area (Å²) in [5.41, 5.74) is 2.43. The zero-order valence-corrected chi connectivity index (χ0v) is 17.7. The number of unbranched alkanes of at least 4 members (excludes halogenated alkanes) is 2. The Morgan fingerprint density at radius 3 is 2.08 bits per heavy atom. The van der Waals surface area contributed by atoms with E-state index in [9.17, 15) is 8.42 Å². The van der Waals surface area contributed by atoms with Crippen LogP contribution in [0.2, 0.25) is 0 Å². The number of benzene rings is 1. The van der Waals surface area contributed by atoms with Gasteiger partial charge in [-0.1, -0.05) is 51.7 Å². The summed E-state index contributed by atoms with van der Waals surface area (Å²) in [5.74, 6) is 0.327. The third-order valence-electron chi connectivity index (χ3n) is 5.06. The zero-order chi connectivity index (χ0) is 18.9. The van der Waals surface area contributed by atoms with E-state index in [0.717, 1.165) is 51.4 Å². The second kappa shape index (κ2) is 10.2. The SMILES string of the molecule is CCCCC(CCCC)(CCc1cccc(N(C)C)c1)CS(C)(=O)=O. The van der Waals surface area contributed by atoms with Crippen LogP contribution < -0.4 is 4.90 Å². The summed E-state index contributed by atoms with van der Waals surface area (Å²) >= 11 is 0. The maximum absolute atomic E-state index is 12.1. The molecule has 4 heteroatoms. The highest BCUT2D eigenvalue weighted by Crippen LogP contribution is 2.38. The van der Waals surface area contributed by atoms with E-state index in [1.165, 1.54) is 17.5 Å². The van der Waals surface area contributed by atoms with E-state index in [1.807, 2.05) is 0 Å². The van der Waals surface area contributed by atoms with Crippen LogP contribution in [0.3, 0.4) is 0 Å². The number of anilines is 1. The number of hydrogen-bond acceptors (Lipinski definition) is 3. The van der Waals surface area contributed by atoms with E-state index in [0.29, 0.717) is 5.75 Å². The molecule has 0 fully saturated rings. The monoisotopic (exact) mass is 367 g/mol. The van der Waals surface area contributed by atoms with Crippen molar-refractivity contribution in [1.29, 1.82) is 0 Å². The maximum Gasteiger partial charge on any atom is 0.148 e. The molecule has 1 rings (SSSR count). The molecule has 25 heavy (non-hydrogen) atoms. The fourth-order valence-corrected chi connectivity index (χ4v) is 5.20. The van der Waals surface area contributed by atoms with Crippen molar-refractivity contribution in [2.45, 2.75) is 65.2 Å². The van der Waals surface area contributed by atoms with Gasteiger partial charge < -0.3 is 4.90 Å². The molecule has 0 N–H and O–H groups in total. The lowest BCUT2D eigenvalue weighted by molar-refractivity contribution is 0.239. The maximum atomic E-state index is 12.1. The van der Waals surface area contributed by atoms with Crippen LogP contribution in [0.4, 0.5) is 5.69 Å². The molecule has 144 valence electrons. The summed E-state index contributed by atoms with van der Waals surface area (Å²) in [4.78, 5) is 2.11. The lowest BCUT2D eigenvalue weighted by Crippen LogP contribution is -2.31. The van der Waals surface area contributed by atoms with Crippen LogP contribution in [-0.2, 0) is 16.3 Å². The first kappa shape index (κ1) is 22.0. The van der Waals surface area contributed by atoms with Crippen molar-refractivity contribution >= 4 is 15.5 Å². The minimum absolute atomic E-state index is 0.0757. The first-order valence-corrected chi connectivity index (χ1v) is 11.7. The van der Waals surface area contributed by atoms with Crippen molar-refractivity contribution < 1.29 is 8.42 Å². The van der Waals surface area contributed by atoms with E-state index < -0.39 is 9.84 Å². The Morgan fingerprint density at radius 2 is 1.60 bits per heavy atom. The quantitative estimate of drug-likeness (QED) is 0.516. The second-order valence-electron chi connectivity index (χ2n) is 7.84. The molecule has 0 saturated heterocycles. The number of sulfone groups is 1. The Hall–Kier alpha value is -1.03. The Morgan fingerprint density at radius 1 is 1.00 bits per heavy atom. The van der Waals surface area contributed by atoms with E-state index in [2.05, 4.69) is 57.1 Å². The zero-order valence-electron chi connectivity index (χ0n) is 16.8. The molecule has 0 heterocycles. The van der Waals surface area contributed by atoms with Crippen LogP contribution >= 0.6 is 0 Å². The van der Waals surface area contributed by atoms with Gasteiger partial charge in [-0.15, -0.1) is 0 Å². The summed E-state index contributed by atoms with van der Waals surface area (Å²) in [7, 11) is 1.13. The van der Waals surface area contributed by atoms with Crippen molar-refractivity contribution in [3.63, 3.8) is 0 Å². The molecule has 0 aromatic heterocycles. The predicted octanol–water partition coefficient (Wildman–Crippen LogP) is 5.10. The molecular formula is C21H37NO2S. The predicted molar refractivity (Wildman–Crippen MR) is 110 cm³/mol. The number of nitrogens with zero attached hydrogens (tertiary/aromatic N) is 1. The molecule has 0 amide bonds. The number of rotatable bonds is 12. The van der Waals surface area contributed by atoms with E-state index in [1.54, 1.807) is 0 Å². The normalized spacial score (nSPS) is 12.4. The number of aryl methyl sites for hydroxylation is 1. The molecule has 0 saturated carbocycles. The highest BCUT2D eigenvalue weighted by molar-refractivity contribution is 7.90. The van der Waals surface area contributed by atoms with Gasteiger partial charge in [0.15, 0.2) is 0 Å². The van der Waals surface area contributed by atoms with Gasteiger partial charge >= 0.3 is 0 Å². The van der Waals surface area contributed by atoms with Gasteiger partial charge in [0.2, 0.25) is 0 Å². The molecule has 0 atom stereocenters. The Labute approximate surface area is 155 Å². The lowest BCUT2D eigenvalue weighted by atomic mass is 9.75. The fraction of sp³-hybridized carbons (Fsp3) is 0.714. The molecule has 0 aliphatic heterocycles. The minimum Gasteiger partial charge on any atom is -0.378 e. The average Bonchev–Trinajstić information content (AvgIpc) is 2.55. The van der Waals surface area contributed by atoms with Gasteiger partial charge in [0.1, 0.15) is 9.84 Å². The summed E-state index contributed by atoms with van der Waals surface area (Å²) in [6.45, 7) is 4.37. The first-order chi connectivity index (χ1) is 11.7. The van der Waals surface area contributed by atoms with Gasteiger partial charge in [0, 0.05) is 26.0 Å². The molecule has 0 aliphatic rings. The van der Waals surface area contributed by atoms with Gasteiger partial charge in [-0.25, -0.2) is 8.42 Å². The highest BCUT2D eigenvalue weighted by atomic mass is 32.2. The molecule has 0 radical (unpaired) electrons. The first-order valence-electron chi connectivity index (χ1n) is 9.65. The molecule has 1 aromatic carbocycles. The Balaban J connectivity index is 2.98. The van der Waals surface area contributed by atoms with Crippen LogP contribution in [0.1, 0.15) is 64.4 Å². The molecule has 0 spiro atoms. The van der Waals surface area contributed by atoms with Crippen molar-refractivity contribution in [1.82, 2.24) is 0 Å². The van der Waals surface area contributed by atoms with Crippen molar-refractivity contribution in [3.05, 3.63) is 29.8 Å². The van der Waals surface area contributed by atoms with Crippen LogP contribution in [-0.4, -0.2) is 34.5 Å². The van der Waals surface area contributed by atoms with Gasteiger partial charge in [0.25, 0.3) is 0 Å². The summed E-state index contributed by atoms with van der Waals surface area (Å²) in [5, 5.41) is 0. The van der Waals surface area contributed by atoms with Crippen LogP contribution in [0.15, 0.2) is 24.3 Å². The molecule has 0 bridgehead atoms. The third kappa shape index (κ3) is 8.26. The fourth-order valence-electron chi connectivity index (χ4n) is 3.65. The smallest absolute Gasteiger partial charge is 0.148 e. The van der Waals surface area contributed by atoms with E-state index >= 15 is 0 Å². The molecule has 0 aliphatic carbocycles. The standard InChI is InChI=1S/C21H37NO2S/c1-6-8-14-21(15-9-7-2,18-25(5,23)24)16-13-19-11-10-12-20(17-19)22(3)4/h10-12,17H,6-9,13-16,18H2,1-5H3. The van der Waals surface area contributed by atoms with Crippen LogP contribution in [0.5, 0.6) is 0 Å². The topological polar surface area (TPSA) is 37.4 Å². The second-order valence-corrected chi connectivity index (χ2v) is 9.98. The molecule has 0 unspecified atom stereocenters. The van der Waals surface area contributed by atoms with Crippen molar-refractivity contribution in [2.24, 2.45) is 5.41 Å². The largest absolute Gasteiger partial charge is 0.378 e. The average molecular weight is 368 g/mol. The molecule has 3 nitrogen and oxygen atoms in total. The molecule has 1 aromatic rings. The van der Waals surface area contributed by atoms with E-state index in [4.69, 9.17) is 0 Å². The third-order valence-corrected chi connectivity index (χ3v) is 6.20. The van der Waals surface area contributed by atoms with Crippen LogP contribution in [0.25, 0.3) is 0 Å². The van der Waals surface area contributed by atoms with Crippen molar-refractivity contribution in [3.8, 4) is 0 Å². The van der Waals surface area contributed by atoms with Gasteiger partial charge in [-0.05, 0) is 48.8 Å².